The van der Waals surface area contributed by atoms with Crippen LogP contribution in [0.2, 0.25) is 0 Å². The summed E-state index contributed by atoms with van der Waals surface area (Å²) in [5.41, 5.74) is 0.805. The van der Waals surface area contributed by atoms with Gasteiger partial charge in [0.25, 0.3) is 5.69 Å². The smallest absolute Gasteiger partial charge is 0.269 e. The Labute approximate surface area is 117 Å². The summed E-state index contributed by atoms with van der Waals surface area (Å²) in [5, 5.41) is 17.1. The lowest BCUT2D eigenvalue weighted by atomic mass is 10.3. The molecule has 0 saturated carbocycles. The number of rotatable bonds is 6. The molecular weight excluding hydrogens is 264 g/mol. The first-order valence-corrected chi connectivity index (χ1v) is 6.48. The van der Waals surface area contributed by atoms with Gasteiger partial charge in [0.1, 0.15) is 0 Å². The molecule has 0 amide bonds. The summed E-state index contributed by atoms with van der Waals surface area (Å²) in [6.45, 7) is 1.89. The summed E-state index contributed by atoms with van der Waals surface area (Å²) in [6, 6.07) is 6.16. The lowest BCUT2D eigenvalue weighted by Gasteiger charge is -2.11. The molecule has 7 heteroatoms. The van der Waals surface area contributed by atoms with Crippen LogP contribution in [0.25, 0.3) is 0 Å². The number of anilines is 1. The third kappa shape index (κ3) is 6.12. The largest absolute Gasteiger partial charge is 0.362 e. The molecule has 1 rings (SSSR count). The number of benzene rings is 1. The molecule has 0 heterocycles. The zero-order chi connectivity index (χ0) is 14.3. The molecule has 0 aromatic heterocycles. The Morgan fingerprint density at radius 1 is 1.37 bits per heavy atom. The highest BCUT2D eigenvalue weighted by atomic mass is 32.1. The van der Waals surface area contributed by atoms with Crippen LogP contribution in [0.3, 0.4) is 0 Å². The Morgan fingerprint density at radius 2 is 2.00 bits per heavy atom. The van der Waals surface area contributed by atoms with Gasteiger partial charge in [0, 0.05) is 30.8 Å². The van der Waals surface area contributed by atoms with E-state index < -0.39 is 4.92 Å². The molecule has 0 aliphatic rings. The number of nitrogens with one attached hydrogen (secondary N) is 3. The maximum atomic E-state index is 10.5. The van der Waals surface area contributed by atoms with Crippen molar-refractivity contribution in [3.63, 3.8) is 0 Å². The average Bonchev–Trinajstić information content (AvgIpc) is 2.35. The van der Waals surface area contributed by atoms with Gasteiger partial charge >= 0.3 is 0 Å². The number of thiocarbonyl (C=S) groups is 1. The van der Waals surface area contributed by atoms with Crippen LogP contribution >= 0.6 is 12.2 Å². The summed E-state index contributed by atoms with van der Waals surface area (Å²) >= 11 is 5.14. The first-order valence-electron chi connectivity index (χ1n) is 6.07. The molecule has 0 saturated heterocycles. The van der Waals surface area contributed by atoms with E-state index in [1.54, 1.807) is 12.1 Å². The monoisotopic (exact) mass is 283 g/mol. The number of quaternary nitrogens is 1. The molecule has 104 valence electrons. The lowest BCUT2D eigenvalue weighted by molar-refractivity contribution is -0.858. The van der Waals surface area contributed by atoms with E-state index in [0.29, 0.717) is 5.11 Å². The first kappa shape index (κ1) is 15.3. The third-order valence-corrected chi connectivity index (χ3v) is 2.72. The minimum Gasteiger partial charge on any atom is -0.362 e. The number of non-ortho nitro benzene ring substituents is 1. The van der Waals surface area contributed by atoms with Gasteiger partial charge in [-0.1, -0.05) is 0 Å². The summed E-state index contributed by atoms with van der Waals surface area (Å²) < 4.78 is 0. The molecule has 0 atom stereocenters. The molecule has 19 heavy (non-hydrogen) atoms. The standard InChI is InChI=1S/C12H18N4O2S/c1-15(2)9-3-8-13-12(19)14-10-4-6-11(7-5-10)16(17)18/h4-7H,3,8-9H2,1-2H3,(H2,13,14,19)/p+1. The van der Waals surface area contributed by atoms with Gasteiger partial charge in [-0.05, 0) is 24.4 Å². The lowest BCUT2D eigenvalue weighted by Crippen LogP contribution is -3.05. The van der Waals surface area contributed by atoms with Crippen LogP contribution in [-0.2, 0) is 0 Å². The van der Waals surface area contributed by atoms with E-state index in [4.69, 9.17) is 12.2 Å². The van der Waals surface area contributed by atoms with Crippen molar-refractivity contribution in [1.29, 1.82) is 0 Å². The van der Waals surface area contributed by atoms with Crippen LogP contribution in [-0.4, -0.2) is 37.2 Å². The molecular formula is C12H19N4O2S+. The van der Waals surface area contributed by atoms with Crippen molar-refractivity contribution in [3.05, 3.63) is 34.4 Å². The fraction of sp³-hybridized carbons (Fsp3) is 0.417. The van der Waals surface area contributed by atoms with Gasteiger partial charge in [0.15, 0.2) is 5.11 Å². The molecule has 0 radical (unpaired) electrons. The van der Waals surface area contributed by atoms with Crippen molar-refractivity contribution in [2.24, 2.45) is 0 Å². The van der Waals surface area contributed by atoms with Crippen LogP contribution in [0.15, 0.2) is 24.3 Å². The number of hydrogen-bond donors (Lipinski definition) is 3. The summed E-state index contributed by atoms with van der Waals surface area (Å²) in [7, 11) is 4.21. The Kier molecular flexibility index (Phi) is 6.17. The van der Waals surface area contributed by atoms with Crippen LogP contribution in [0, 0.1) is 10.1 Å². The summed E-state index contributed by atoms with van der Waals surface area (Å²) in [6.07, 6.45) is 1.03. The Morgan fingerprint density at radius 3 is 2.53 bits per heavy atom. The van der Waals surface area contributed by atoms with Crippen molar-refractivity contribution < 1.29 is 9.82 Å². The van der Waals surface area contributed by atoms with Crippen LogP contribution in [0.1, 0.15) is 6.42 Å². The molecule has 0 aliphatic heterocycles. The van der Waals surface area contributed by atoms with E-state index in [9.17, 15) is 10.1 Å². The Hall–Kier alpha value is -1.73. The molecule has 0 bridgehead atoms. The van der Waals surface area contributed by atoms with Gasteiger partial charge < -0.3 is 15.5 Å². The predicted octanol–water partition coefficient (Wildman–Crippen LogP) is 0.416. The van der Waals surface area contributed by atoms with Crippen LogP contribution < -0.4 is 15.5 Å². The second-order valence-electron chi connectivity index (χ2n) is 4.50. The molecule has 0 fully saturated rings. The van der Waals surface area contributed by atoms with Gasteiger partial charge in [0.2, 0.25) is 0 Å². The molecule has 0 spiro atoms. The highest BCUT2D eigenvalue weighted by Gasteiger charge is 2.04. The normalized spacial score (nSPS) is 10.3. The zero-order valence-corrected chi connectivity index (χ0v) is 11.9. The third-order valence-electron chi connectivity index (χ3n) is 2.48. The quantitative estimate of drug-likeness (QED) is 0.305. The van der Waals surface area contributed by atoms with Crippen molar-refractivity contribution in [2.45, 2.75) is 6.42 Å². The van der Waals surface area contributed by atoms with Crippen molar-refractivity contribution in [2.75, 3.05) is 32.5 Å². The highest BCUT2D eigenvalue weighted by Crippen LogP contribution is 2.15. The summed E-state index contributed by atoms with van der Waals surface area (Å²) in [4.78, 5) is 11.5. The zero-order valence-electron chi connectivity index (χ0n) is 11.1. The van der Waals surface area contributed by atoms with Crippen molar-refractivity contribution in [1.82, 2.24) is 5.32 Å². The number of nitrogens with zero attached hydrogens (tertiary/aromatic N) is 1. The number of nitro groups is 1. The molecule has 0 unspecified atom stereocenters. The maximum absolute atomic E-state index is 10.5. The van der Waals surface area contributed by atoms with E-state index in [2.05, 4.69) is 24.7 Å². The Balaban J connectivity index is 2.34. The Bertz CT molecular complexity index is 434. The molecule has 1 aromatic carbocycles. The molecule has 6 nitrogen and oxygen atoms in total. The highest BCUT2D eigenvalue weighted by molar-refractivity contribution is 7.80. The fourth-order valence-electron chi connectivity index (χ4n) is 1.49. The number of hydrogen-bond acceptors (Lipinski definition) is 3. The van der Waals surface area contributed by atoms with E-state index in [1.807, 2.05) is 0 Å². The van der Waals surface area contributed by atoms with Gasteiger partial charge in [-0.25, -0.2) is 0 Å². The molecule has 3 N–H and O–H groups in total. The minimum absolute atomic E-state index is 0.0679. The molecule has 0 aliphatic carbocycles. The topological polar surface area (TPSA) is 71.6 Å². The molecule has 1 aromatic rings. The van der Waals surface area contributed by atoms with Gasteiger partial charge in [0.05, 0.1) is 25.6 Å². The SMILES string of the molecule is C[NH+](C)CCCNC(=S)Nc1ccc([N+](=O)[O-])cc1. The first-order chi connectivity index (χ1) is 8.99. The number of nitro benzene ring substituents is 1. The average molecular weight is 283 g/mol. The fourth-order valence-corrected chi connectivity index (χ4v) is 1.71. The van der Waals surface area contributed by atoms with Crippen molar-refractivity contribution >= 4 is 28.7 Å². The summed E-state index contributed by atoms with van der Waals surface area (Å²) in [5.74, 6) is 0. The van der Waals surface area contributed by atoms with Gasteiger partial charge in [-0.2, -0.15) is 0 Å². The second kappa shape index (κ2) is 7.65. The minimum atomic E-state index is -0.427. The van der Waals surface area contributed by atoms with E-state index in [0.717, 1.165) is 25.2 Å². The van der Waals surface area contributed by atoms with Crippen molar-refractivity contribution in [3.8, 4) is 0 Å². The predicted molar refractivity (Wildman–Crippen MR) is 79.6 cm³/mol. The van der Waals surface area contributed by atoms with E-state index >= 15 is 0 Å². The maximum Gasteiger partial charge on any atom is 0.269 e. The van der Waals surface area contributed by atoms with Crippen LogP contribution in [0.4, 0.5) is 11.4 Å². The van der Waals surface area contributed by atoms with E-state index in [-0.39, 0.29) is 5.69 Å². The van der Waals surface area contributed by atoms with E-state index in [1.165, 1.54) is 17.0 Å². The van der Waals surface area contributed by atoms with Crippen LogP contribution in [0.5, 0.6) is 0 Å². The van der Waals surface area contributed by atoms with Gasteiger partial charge in [-0.15, -0.1) is 0 Å². The van der Waals surface area contributed by atoms with Gasteiger partial charge in [-0.3, -0.25) is 10.1 Å². The second-order valence-corrected chi connectivity index (χ2v) is 4.90.